The van der Waals surface area contributed by atoms with E-state index < -0.39 is 6.23 Å². The number of nitrogens with one attached hydrogen (secondary N) is 1. The van der Waals surface area contributed by atoms with E-state index in [2.05, 4.69) is 28.3 Å². The number of aromatic nitrogens is 3. The van der Waals surface area contributed by atoms with Crippen LogP contribution in [0.25, 0.3) is 11.2 Å². The molecule has 5 rings (SSSR count). The van der Waals surface area contributed by atoms with Crippen molar-refractivity contribution in [3.05, 3.63) is 59.8 Å². The number of aliphatic hydroxyl groups is 1. The predicted molar refractivity (Wildman–Crippen MR) is 152 cm³/mol. The molecule has 4 heterocycles. The molecular formula is C29H39N7O3. The van der Waals surface area contributed by atoms with E-state index in [9.17, 15) is 9.90 Å². The van der Waals surface area contributed by atoms with Gasteiger partial charge in [0.15, 0.2) is 5.65 Å². The number of hydrogen-bond acceptors (Lipinski definition) is 8. The van der Waals surface area contributed by atoms with Crippen molar-refractivity contribution in [1.82, 2.24) is 29.3 Å². The van der Waals surface area contributed by atoms with E-state index in [0.717, 1.165) is 60.6 Å². The van der Waals surface area contributed by atoms with E-state index in [0.29, 0.717) is 31.6 Å². The summed E-state index contributed by atoms with van der Waals surface area (Å²) in [6, 6.07) is 11.8. The molecule has 1 fully saturated rings. The van der Waals surface area contributed by atoms with E-state index in [1.54, 1.807) is 9.42 Å². The Labute approximate surface area is 229 Å². The van der Waals surface area contributed by atoms with Gasteiger partial charge in [0.05, 0.1) is 6.61 Å². The number of amides is 1. The maximum atomic E-state index is 12.0. The number of anilines is 2. The average molecular weight is 534 g/mol. The molecule has 2 aromatic heterocycles. The number of hydrogen-bond donors (Lipinski definition) is 2. The number of carbonyl (C=O) groups is 1. The lowest BCUT2D eigenvalue weighted by Crippen LogP contribution is -2.35. The second kappa shape index (κ2) is 12.1. The highest BCUT2D eigenvalue weighted by atomic mass is 16.6. The number of nitrogens with zero attached hydrogens (tertiary/aromatic N) is 6. The van der Waals surface area contributed by atoms with Crippen molar-refractivity contribution >= 4 is 28.9 Å². The molecule has 1 aromatic carbocycles. The van der Waals surface area contributed by atoms with Crippen molar-refractivity contribution < 1.29 is 14.6 Å². The van der Waals surface area contributed by atoms with Crippen molar-refractivity contribution in [2.75, 3.05) is 58.2 Å². The van der Waals surface area contributed by atoms with Gasteiger partial charge in [0, 0.05) is 43.6 Å². The van der Waals surface area contributed by atoms with Crippen molar-refractivity contribution in [1.29, 1.82) is 0 Å². The Morgan fingerprint density at radius 1 is 1.23 bits per heavy atom. The van der Waals surface area contributed by atoms with Gasteiger partial charge in [-0.3, -0.25) is 4.90 Å². The smallest absolute Gasteiger partial charge is 0.410 e. The molecule has 0 spiro atoms. The van der Waals surface area contributed by atoms with E-state index >= 15 is 0 Å². The molecule has 0 radical (unpaired) electrons. The number of rotatable bonds is 9. The van der Waals surface area contributed by atoms with Crippen LogP contribution < -0.4 is 5.32 Å². The summed E-state index contributed by atoms with van der Waals surface area (Å²) in [4.78, 5) is 23.0. The lowest BCUT2D eigenvalue weighted by molar-refractivity contribution is 0.0116. The molecule has 0 saturated carbocycles. The summed E-state index contributed by atoms with van der Waals surface area (Å²) in [5.41, 5.74) is 4.62. The van der Waals surface area contributed by atoms with Gasteiger partial charge in [-0.05, 0) is 81.2 Å². The molecule has 208 valence electrons. The van der Waals surface area contributed by atoms with Crippen LogP contribution in [0.3, 0.4) is 0 Å². The van der Waals surface area contributed by atoms with Gasteiger partial charge in [0.2, 0.25) is 5.95 Å². The number of benzene rings is 1. The molecule has 39 heavy (non-hydrogen) atoms. The van der Waals surface area contributed by atoms with Gasteiger partial charge >= 0.3 is 6.09 Å². The van der Waals surface area contributed by atoms with Gasteiger partial charge in [0.25, 0.3) is 0 Å². The summed E-state index contributed by atoms with van der Waals surface area (Å²) in [5, 5.41) is 18.8. The van der Waals surface area contributed by atoms with Crippen molar-refractivity contribution in [3.63, 3.8) is 0 Å². The second-order valence-electron chi connectivity index (χ2n) is 10.4. The summed E-state index contributed by atoms with van der Waals surface area (Å²) >= 11 is 0. The zero-order valence-electron chi connectivity index (χ0n) is 23.1. The minimum Gasteiger partial charge on any atom is -0.450 e. The van der Waals surface area contributed by atoms with Crippen LogP contribution >= 0.6 is 0 Å². The summed E-state index contributed by atoms with van der Waals surface area (Å²) in [7, 11) is 1.99. The third-order valence-corrected chi connectivity index (χ3v) is 7.69. The minimum atomic E-state index is -0.644. The van der Waals surface area contributed by atoms with Crippen LogP contribution in [-0.2, 0) is 4.74 Å². The highest BCUT2D eigenvalue weighted by molar-refractivity contribution is 5.79. The average Bonchev–Trinajstić information content (AvgIpc) is 3.59. The molecule has 1 amide bonds. The standard InChI is InChI=1S/C29H39N7O3/c1-4-34-16-12-21(20-34)19-33(3)27(37)23-8-10-24(11-9-23)30-28-31-26-25(7-6-15-36(26)32-28)22-13-17-35(18-14-22)29(38)39-5-2/h6-11,13,15,21,27,37H,4-5,12,14,16-20H2,1-3H3,(H,30,32). The highest BCUT2D eigenvalue weighted by Gasteiger charge is 2.25. The van der Waals surface area contributed by atoms with Crippen LogP contribution in [0.4, 0.5) is 16.4 Å². The number of pyridine rings is 1. The summed E-state index contributed by atoms with van der Waals surface area (Å²) in [6.07, 6.45) is 4.93. The first kappa shape index (κ1) is 27.1. The van der Waals surface area contributed by atoms with Crippen LogP contribution in [0.5, 0.6) is 0 Å². The third-order valence-electron chi connectivity index (χ3n) is 7.69. The van der Waals surface area contributed by atoms with Crippen molar-refractivity contribution in [2.24, 2.45) is 5.92 Å². The van der Waals surface area contributed by atoms with E-state index in [1.165, 1.54) is 6.42 Å². The third kappa shape index (κ3) is 6.24. The molecule has 0 aliphatic carbocycles. The quantitative estimate of drug-likeness (QED) is 0.399. The first-order valence-electron chi connectivity index (χ1n) is 13.9. The Balaban J connectivity index is 1.23. The monoisotopic (exact) mass is 533 g/mol. The molecule has 10 heteroatoms. The predicted octanol–water partition coefficient (Wildman–Crippen LogP) is 3.98. The molecule has 1 saturated heterocycles. The zero-order chi connectivity index (χ0) is 27.4. The fourth-order valence-electron chi connectivity index (χ4n) is 5.48. The minimum absolute atomic E-state index is 0.276. The summed E-state index contributed by atoms with van der Waals surface area (Å²) in [5.74, 6) is 1.09. The second-order valence-corrected chi connectivity index (χ2v) is 10.4. The van der Waals surface area contributed by atoms with Gasteiger partial charge in [0.1, 0.15) is 6.23 Å². The molecule has 10 nitrogen and oxygen atoms in total. The van der Waals surface area contributed by atoms with E-state index in [1.807, 2.05) is 61.5 Å². The number of carbonyl (C=O) groups excluding carboxylic acids is 1. The first-order valence-corrected chi connectivity index (χ1v) is 13.9. The molecular weight excluding hydrogens is 494 g/mol. The van der Waals surface area contributed by atoms with Gasteiger partial charge in [-0.2, -0.15) is 4.98 Å². The highest BCUT2D eigenvalue weighted by Crippen LogP contribution is 2.27. The van der Waals surface area contributed by atoms with E-state index in [4.69, 9.17) is 9.72 Å². The van der Waals surface area contributed by atoms with Gasteiger partial charge < -0.3 is 25.0 Å². The van der Waals surface area contributed by atoms with Gasteiger partial charge in [-0.15, -0.1) is 5.10 Å². The Kier molecular flexibility index (Phi) is 8.44. The largest absolute Gasteiger partial charge is 0.450 e. The van der Waals surface area contributed by atoms with Gasteiger partial charge in [-0.1, -0.05) is 25.1 Å². The maximum Gasteiger partial charge on any atom is 0.410 e. The molecule has 2 atom stereocenters. The Morgan fingerprint density at radius 3 is 2.74 bits per heavy atom. The van der Waals surface area contributed by atoms with E-state index in [-0.39, 0.29) is 6.09 Å². The Bertz CT molecular complexity index is 1310. The van der Waals surface area contributed by atoms with Crippen molar-refractivity contribution in [2.45, 2.75) is 32.9 Å². The van der Waals surface area contributed by atoms with Gasteiger partial charge in [-0.25, -0.2) is 9.31 Å². The van der Waals surface area contributed by atoms with Crippen LogP contribution in [0.15, 0.2) is 48.7 Å². The Hall–Kier alpha value is -3.47. The number of likely N-dealkylation sites (tertiary alicyclic amines) is 1. The molecule has 2 N–H and O–H groups in total. The van der Waals surface area contributed by atoms with Crippen molar-refractivity contribution in [3.8, 4) is 0 Å². The van der Waals surface area contributed by atoms with Crippen LogP contribution in [0.2, 0.25) is 0 Å². The molecule has 2 aliphatic heterocycles. The summed E-state index contributed by atoms with van der Waals surface area (Å²) in [6.45, 7) is 9.73. The van der Waals surface area contributed by atoms with Crippen LogP contribution in [-0.4, -0.2) is 93.4 Å². The maximum absolute atomic E-state index is 12.0. The fourth-order valence-corrected chi connectivity index (χ4v) is 5.48. The lowest BCUT2D eigenvalue weighted by atomic mass is 10.0. The van der Waals surface area contributed by atoms with Crippen LogP contribution in [0.1, 0.15) is 44.0 Å². The number of aliphatic hydroxyl groups excluding tert-OH is 1. The van der Waals surface area contributed by atoms with Crippen LogP contribution in [0, 0.1) is 5.92 Å². The number of ether oxygens (including phenoxy) is 1. The first-order chi connectivity index (χ1) is 18.9. The molecule has 0 bridgehead atoms. The SMILES string of the molecule is CCOC(=O)N1CC=C(c2cccn3nc(Nc4ccc(C(O)N(C)CC5CCN(CC)C5)cc4)nc23)CC1. The normalized spacial score (nSPS) is 18.9. The Morgan fingerprint density at radius 2 is 2.05 bits per heavy atom. The zero-order valence-corrected chi connectivity index (χ0v) is 23.1. The number of fused-ring (bicyclic) bond motifs is 1. The molecule has 2 aliphatic rings. The fraction of sp³-hybridized carbons (Fsp3) is 0.483. The molecule has 2 unspecified atom stereocenters. The topological polar surface area (TPSA) is 98.5 Å². The lowest BCUT2D eigenvalue weighted by Gasteiger charge is -2.26. The molecule has 3 aromatic rings. The summed E-state index contributed by atoms with van der Waals surface area (Å²) < 4.78 is 6.89.